The van der Waals surface area contributed by atoms with Crippen LogP contribution in [0.25, 0.3) is 0 Å². The molecule has 134 valence electrons. The zero-order valence-corrected chi connectivity index (χ0v) is 15.3. The van der Waals surface area contributed by atoms with Gasteiger partial charge in [0.15, 0.2) is 0 Å². The van der Waals surface area contributed by atoms with Crippen molar-refractivity contribution >= 4 is 5.91 Å². The third kappa shape index (κ3) is 5.43. The van der Waals surface area contributed by atoms with Crippen molar-refractivity contribution in [1.82, 2.24) is 5.32 Å². The van der Waals surface area contributed by atoms with Crippen molar-refractivity contribution in [1.29, 1.82) is 0 Å². The predicted octanol–water partition coefficient (Wildman–Crippen LogP) is 4.63. The van der Waals surface area contributed by atoms with Crippen LogP contribution in [0.4, 0.5) is 0 Å². The smallest absolute Gasteiger partial charge is 0.220 e. The first kappa shape index (κ1) is 18.6. The fraction of sp³-hybridized carbons (Fsp3) is 0.650. The van der Waals surface area contributed by atoms with Gasteiger partial charge in [0.05, 0.1) is 20.3 Å². The summed E-state index contributed by atoms with van der Waals surface area (Å²) >= 11 is 0. The number of nitrogens with one attached hydrogen (secondary N) is 1. The number of methoxy groups -OCH3 is 2. The van der Waals surface area contributed by atoms with E-state index in [4.69, 9.17) is 9.47 Å². The van der Waals surface area contributed by atoms with E-state index in [1.54, 1.807) is 14.2 Å². The molecule has 0 saturated heterocycles. The van der Waals surface area contributed by atoms with Gasteiger partial charge in [-0.2, -0.15) is 0 Å². The highest BCUT2D eigenvalue weighted by Crippen LogP contribution is 2.30. The third-order valence-electron chi connectivity index (χ3n) is 5.02. The standard InChI is InChI=1S/C20H31NO3/c1-15(18-14-17(23-2)12-13-19(18)24-3)21-20(22)11-7-10-16-8-5-4-6-9-16/h12-16H,4-11H2,1-3H3,(H,21,22)/t15-/m0/s1. The van der Waals surface area contributed by atoms with E-state index in [0.717, 1.165) is 29.4 Å². The monoisotopic (exact) mass is 333 g/mol. The lowest BCUT2D eigenvalue weighted by molar-refractivity contribution is -0.121. The zero-order valence-electron chi connectivity index (χ0n) is 15.3. The number of carbonyl (C=O) groups excluding carboxylic acids is 1. The molecule has 4 heteroatoms. The van der Waals surface area contributed by atoms with E-state index in [1.807, 2.05) is 25.1 Å². The van der Waals surface area contributed by atoms with Gasteiger partial charge in [0, 0.05) is 12.0 Å². The third-order valence-corrected chi connectivity index (χ3v) is 5.02. The summed E-state index contributed by atoms with van der Waals surface area (Å²) < 4.78 is 10.7. The summed E-state index contributed by atoms with van der Waals surface area (Å²) in [5.74, 6) is 2.49. The molecule has 0 radical (unpaired) electrons. The van der Waals surface area contributed by atoms with Crippen LogP contribution in [0.15, 0.2) is 18.2 Å². The number of hydrogen-bond donors (Lipinski definition) is 1. The lowest BCUT2D eigenvalue weighted by Crippen LogP contribution is -2.26. The van der Waals surface area contributed by atoms with Crippen molar-refractivity contribution in [3.05, 3.63) is 23.8 Å². The highest BCUT2D eigenvalue weighted by atomic mass is 16.5. The maximum atomic E-state index is 12.2. The Morgan fingerprint density at radius 3 is 2.62 bits per heavy atom. The quantitative estimate of drug-likeness (QED) is 0.754. The van der Waals surface area contributed by atoms with Crippen LogP contribution in [0, 0.1) is 5.92 Å². The topological polar surface area (TPSA) is 47.6 Å². The van der Waals surface area contributed by atoms with Crippen LogP contribution in [0.5, 0.6) is 11.5 Å². The first-order valence-corrected chi connectivity index (χ1v) is 9.15. The second-order valence-corrected chi connectivity index (χ2v) is 6.79. The lowest BCUT2D eigenvalue weighted by Gasteiger charge is -2.21. The summed E-state index contributed by atoms with van der Waals surface area (Å²) in [7, 11) is 3.28. The molecule has 1 saturated carbocycles. The number of ether oxygens (including phenoxy) is 2. The van der Waals surface area contributed by atoms with Gasteiger partial charge in [0.25, 0.3) is 0 Å². The van der Waals surface area contributed by atoms with Gasteiger partial charge in [-0.25, -0.2) is 0 Å². The van der Waals surface area contributed by atoms with Crippen LogP contribution in [0.3, 0.4) is 0 Å². The van der Waals surface area contributed by atoms with Gasteiger partial charge in [0.2, 0.25) is 5.91 Å². The summed E-state index contributed by atoms with van der Waals surface area (Å²) in [4.78, 5) is 12.2. The molecule has 1 aromatic rings. The lowest BCUT2D eigenvalue weighted by atomic mass is 9.86. The molecule has 1 N–H and O–H groups in total. The maximum Gasteiger partial charge on any atom is 0.220 e. The second-order valence-electron chi connectivity index (χ2n) is 6.79. The molecule has 0 spiro atoms. The minimum Gasteiger partial charge on any atom is -0.497 e. The van der Waals surface area contributed by atoms with Crippen molar-refractivity contribution in [2.24, 2.45) is 5.92 Å². The maximum absolute atomic E-state index is 12.2. The minimum absolute atomic E-state index is 0.0998. The van der Waals surface area contributed by atoms with Gasteiger partial charge >= 0.3 is 0 Å². The van der Waals surface area contributed by atoms with Crippen LogP contribution < -0.4 is 14.8 Å². The van der Waals surface area contributed by atoms with Crippen LogP contribution in [0.1, 0.15) is 69.9 Å². The summed E-state index contributed by atoms with van der Waals surface area (Å²) in [5, 5.41) is 3.09. The molecule has 0 aromatic heterocycles. The number of amides is 1. The second kappa shape index (κ2) is 9.55. The summed E-state index contributed by atoms with van der Waals surface area (Å²) in [5.41, 5.74) is 0.942. The van der Waals surface area contributed by atoms with E-state index < -0.39 is 0 Å². The Kier molecular flexibility index (Phi) is 7.41. The first-order valence-electron chi connectivity index (χ1n) is 9.15. The van der Waals surface area contributed by atoms with E-state index in [9.17, 15) is 4.79 Å². The molecule has 24 heavy (non-hydrogen) atoms. The van der Waals surface area contributed by atoms with Gasteiger partial charge in [-0.15, -0.1) is 0 Å². The Morgan fingerprint density at radius 1 is 1.21 bits per heavy atom. The van der Waals surface area contributed by atoms with Gasteiger partial charge in [-0.3, -0.25) is 4.79 Å². The van der Waals surface area contributed by atoms with Crippen molar-refractivity contribution < 1.29 is 14.3 Å². The Hall–Kier alpha value is -1.71. The average molecular weight is 333 g/mol. The number of carbonyl (C=O) groups is 1. The van der Waals surface area contributed by atoms with Gasteiger partial charge in [-0.05, 0) is 43.9 Å². The highest BCUT2D eigenvalue weighted by Gasteiger charge is 2.17. The largest absolute Gasteiger partial charge is 0.497 e. The zero-order chi connectivity index (χ0) is 17.4. The number of hydrogen-bond acceptors (Lipinski definition) is 3. The van der Waals surface area contributed by atoms with Crippen LogP contribution in [-0.4, -0.2) is 20.1 Å². The summed E-state index contributed by atoms with van der Waals surface area (Å²) in [6.45, 7) is 1.98. The van der Waals surface area contributed by atoms with Crippen LogP contribution in [-0.2, 0) is 4.79 Å². The predicted molar refractivity (Wildman–Crippen MR) is 96.5 cm³/mol. The summed E-state index contributed by atoms with van der Waals surface area (Å²) in [6.07, 6.45) is 9.58. The van der Waals surface area contributed by atoms with E-state index in [2.05, 4.69) is 5.32 Å². The molecule has 1 aromatic carbocycles. The van der Waals surface area contributed by atoms with Crippen molar-refractivity contribution in [2.75, 3.05) is 14.2 Å². The van der Waals surface area contributed by atoms with E-state index in [1.165, 1.54) is 38.5 Å². The fourth-order valence-electron chi connectivity index (χ4n) is 3.60. The average Bonchev–Trinajstić information content (AvgIpc) is 2.62. The van der Waals surface area contributed by atoms with E-state index in [0.29, 0.717) is 6.42 Å². The van der Waals surface area contributed by atoms with Crippen LogP contribution in [0.2, 0.25) is 0 Å². The van der Waals surface area contributed by atoms with Crippen molar-refractivity contribution in [3.8, 4) is 11.5 Å². The molecule has 0 unspecified atom stereocenters. The Bertz CT molecular complexity index is 524. The van der Waals surface area contributed by atoms with Crippen LogP contribution >= 0.6 is 0 Å². The Morgan fingerprint density at radius 2 is 1.96 bits per heavy atom. The van der Waals surface area contributed by atoms with Gasteiger partial charge < -0.3 is 14.8 Å². The molecule has 0 bridgehead atoms. The molecule has 1 amide bonds. The minimum atomic E-state index is -0.0998. The van der Waals surface area contributed by atoms with Crippen molar-refractivity contribution in [3.63, 3.8) is 0 Å². The van der Waals surface area contributed by atoms with Gasteiger partial charge in [0.1, 0.15) is 11.5 Å². The molecular formula is C20H31NO3. The first-order chi connectivity index (χ1) is 11.6. The normalized spacial score (nSPS) is 16.5. The summed E-state index contributed by atoms with van der Waals surface area (Å²) in [6, 6.07) is 5.56. The highest BCUT2D eigenvalue weighted by molar-refractivity contribution is 5.76. The molecule has 0 aliphatic heterocycles. The SMILES string of the molecule is COc1ccc(OC)c([C@H](C)NC(=O)CCCC2CCCCC2)c1. The van der Waals surface area contributed by atoms with Crippen molar-refractivity contribution in [2.45, 2.75) is 64.3 Å². The molecule has 1 aliphatic rings. The molecule has 0 heterocycles. The molecule has 4 nitrogen and oxygen atoms in total. The molecule has 2 rings (SSSR count). The number of benzene rings is 1. The molecule has 1 atom stereocenters. The van der Waals surface area contributed by atoms with Gasteiger partial charge in [-0.1, -0.05) is 32.1 Å². The molecule has 1 aliphatic carbocycles. The molecular weight excluding hydrogens is 302 g/mol. The van der Waals surface area contributed by atoms with E-state index in [-0.39, 0.29) is 11.9 Å². The fourth-order valence-corrected chi connectivity index (χ4v) is 3.60. The number of rotatable bonds is 8. The molecule has 1 fully saturated rings. The van der Waals surface area contributed by atoms with E-state index >= 15 is 0 Å². The Labute approximate surface area is 145 Å². The Balaban J connectivity index is 1.82.